The number of thioether (sulfide) groups is 1. The van der Waals surface area contributed by atoms with E-state index in [2.05, 4.69) is 18.6 Å². The van der Waals surface area contributed by atoms with Crippen molar-refractivity contribution in [3.63, 3.8) is 0 Å². The summed E-state index contributed by atoms with van der Waals surface area (Å²) in [6, 6.07) is 26.1. The van der Waals surface area contributed by atoms with Crippen molar-refractivity contribution in [3.8, 4) is 40.2 Å². The molecule has 0 amide bonds. The summed E-state index contributed by atoms with van der Waals surface area (Å²) < 4.78 is 59.7. The lowest BCUT2D eigenvalue weighted by Gasteiger charge is -2.11. The third-order valence-corrected chi connectivity index (χ3v) is 10.0. The molecule has 5 aromatic rings. The summed E-state index contributed by atoms with van der Waals surface area (Å²) in [4.78, 5) is 53.7. The fraction of sp³-hybridized carbons (Fsp3) is 0.364. The van der Waals surface area contributed by atoms with Crippen LogP contribution in [0.5, 0.6) is 40.2 Å². The van der Waals surface area contributed by atoms with E-state index in [0.717, 1.165) is 32.9 Å². The van der Waals surface area contributed by atoms with Crippen LogP contribution >= 0.6 is 11.8 Å². The van der Waals surface area contributed by atoms with E-state index in [0.29, 0.717) is 58.3 Å². The second-order valence-electron chi connectivity index (χ2n) is 16.1. The van der Waals surface area contributed by atoms with Crippen molar-refractivity contribution in [2.45, 2.75) is 98.8 Å². The van der Waals surface area contributed by atoms with Crippen LogP contribution in [0.2, 0.25) is 0 Å². The van der Waals surface area contributed by atoms with Gasteiger partial charge in [-0.1, -0.05) is 38.1 Å². The van der Waals surface area contributed by atoms with Gasteiger partial charge in [-0.25, -0.2) is 9.59 Å². The molecule has 19 heteroatoms. The zero-order valence-electron chi connectivity index (χ0n) is 43.6. The number of carbonyl (C=O) groups is 5. The molecule has 16 nitrogen and oxygen atoms in total. The van der Waals surface area contributed by atoms with Crippen LogP contribution in [0.4, 0.5) is 8.78 Å². The molecule has 0 radical (unpaired) electrons. The van der Waals surface area contributed by atoms with Crippen LogP contribution in [0, 0.1) is 34.6 Å². The average Bonchev–Trinajstić information content (AvgIpc) is 3.29. The molecule has 0 heterocycles. The first-order valence-corrected chi connectivity index (χ1v) is 24.0. The Balaban J connectivity index is 0.000000463. The molecular weight excluding hydrogens is 987 g/mol. The largest absolute Gasteiger partial charge is 0.494 e. The Morgan fingerprint density at radius 2 is 0.986 bits per heavy atom. The van der Waals surface area contributed by atoms with Crippen molar-refractivity contribution in [1.29, 1.82) is 0 Å². The highest BCUT2D eigenvalue weighted by Crippen LogP contribution is 2.30. The summed E-state index contributed by atoms with van der Waals surface area (Å²) in [5.41, 5.74) is 5.08. The number of benzene rings is 5. The zero-order valence-corrected chi connectivity index (χ0v) is 44.4. The highest BCUT2D eigenvalue weighted by molar-refractivity contribution is 8.00. The second-order valence-corrected chi connectivity index (χ2v) is 17.7. The fourth-order valence-corrected chi connectivity index (χ4v) is 6.83. The number of carboxylic acid groups (broad SMARTS) is 4. The Morgan fingerprint density at radius 1 is 0.527 bits per heavy atom. The van der Waals surface area contributed by atoms with E-state index in [9.17, 15) is 32.8 Å². The molecule has 0 aliphatic rings. The van der Waals surface area contributed by atoms with E-state index >= 15 is 0 Å². The van der Waals surface area contributed by atoms with Crippen molar-refractivity contribution < 1.29 is 86.3 Å². The van der Waals surface area contributed by atoms with Gasteiger partial charge >= 0.3 is 30.5 Å². The van der Waals surface area contributed by atoms with Gasteiger partial charge in [-0.2, -0.15) is 8.78 Å². The van der Waals surface area contributed by atoms with Gasteiger partial charge in [0.1, 0.15) is 29.4 Å². The van der Waals surface area contributed by atoms with Crippen LogP contribution in [-0.4, -0.2) is 102 Å². The van der Waals surface area contributed by atoms with Gasteiger partial charge in [0, 0.05) is 16.2 Å². The molecule has 5 rings (SSSR count). The van der Waals surface area contributed by atoms with Gasteiger partial charge in [-0.05, 0) is 144 Å². The summed E-state index contributed by atoms with van der Waals surface area (Å²) in [5.74, 6) is -0.296. The number of Topliss-reactive ketones (excluding diaryl/α,β-unsaturated/α-hetero) is 1. The summed E-state index contributed by atoms with van der Waals surface area (Å²) in [6.07, 6.45) is -0.0165. The maximum atomic E-state index is 11.9. The van der Waals surface area contributed by atoms with Gasteiger partial charge in [0.25, 0.3) is 0 Å². The third-order valence-electron chi connectivity index (χ3n) is 8.96. The molecule has 4 N–H and O–H groups in total. The number of hydrogen-bond acceptors (Lipinski definition) is 13. The third kappa shape index (κ3) is 27.3. The number of hydrogen-bond donors (Lipinski definition) is 4. The highest BCUT2D eigenvalue weighted by atomic mass is 32.2. The number of methoxy groups -OCH3 is 1. The lowest BCUT2D eigenvalue weighted by molar-refractivity contribution is -0.138. The summed E-state index contributed by atoms with van der Waals surface area (Å²) >= 11 is 1.59. The smallest absolute Gasteiger partial charge is 0.387 e. The minimum Gasteiger partial charge on any atom is -0.494 e. The lowest BCUT2D eigenvalue weighted by atomic mass is 10.1. The van der Waals surface area contributed by atoms with Crippen LogP contribution in [0.25, 0.3) is 0 Å². The van der Waals surface area contributed by atoms with Crippen molar-refractivity contribution in [3.05, 3.63) is 130 Å². The first-order chi connectivity index (χ1) is 34.9. The van der Waals surface area contributed by atoms with E-state index < -0.39 is 30.5 Å². The first kappa shape index (κ1) is 64.5. The highest BCUT2D eigenvalue weighted by Gasteiger charge is 2.15. The predicted molar refractivity (Wildman–Crippen MR) is 278 cm³/mol. The SMILES string of the molecule is CCOc1cc(C)cc(OCCC(=O)O)c1.CCOc1cc(C)ccc1OCCC(=O)O.COc1cc(C)ccc1OCC(C)=O.Cc1ccc(C(=O)O)c(OC(F)F)c1.Cc1ccc(C(=O)O)c(SC(C)C)c1. The average molecular weight is 1060 g/mol. The Kier molecular flexibility index (Phi) is 30.3. The Bertz CT molecular complexity index is 2500. The van der Waals surface area contributed by atoms with E-state index in [4.69, 9.17) is 48.8 Å². The summed E-state index contributed by atoms with van der Waals surface area (Å²) in [5, 5.41) is 35.0. The minimum absolute atomic E-state index is 0.00207. The lowest BCUT2D eigenvalue weighted by Crippen LogP contribution is -2.07. The van der Waals surface area contributed by atoms with Crippen molar-refractivity contribution >= 4 is 41.4 Å². The Hall–Kier alpha value is -7.54. The number of ketones is 1. The summed E-state index contributed by atoms with van der Waals surface area (Å²) in [7, 11) is 1.58. The number of rotatable bonds is 22. The summed E-state index contributed by atoms with van der Waals surface area (Å²) in [6.45, 7) is 17.4. The number of aryl methyl sites for hydroxylation is 5. The number of carboxylic acids is 4. The molecule has 0 unspecified atom stereocenters. The van der Waals surface area contributed by atoms with Crippen molar-refractivity contribution in [2.24, 2.45) is 0 Å². The van der Waals surface area contributed by atoms with E-state index in [-0.39, 0.29) is 49.8 Å². The molecule has 5 aromatic carbocycles. The monoisotopic (exact) mass is 1050 g/mol. The Morgan fingerprint density at radius 3 is 1.46 bits per heavy atom. The molecule has 0 saturated carbocycles. The van der Waals surface area contributed by atoms with E-state index in [1.807, 2.05) is 90.1 Å². The minimum atomic E-state index is -3.02. The molecule has 404 valence electrons. The molecule has 0 bridgehead atoms. The molecule has 0 aromatic heterocycles. The fourth-order valence-electron chi connectivity index (χ4n) is 5.79. The van der Waals surface area contributed by atoms with Crippen LogP contribution in [0.1, 0.15) is 96.0 Å². The number of aromatic carboxylic acids is 2. The Labute approximate surface area is 435 Å². The number of halogens is 2. The topological polar surface area (TPSA) is 231 Å². The van der Waals surface area contributed by atoms with Gasteiger partial charge < -0.3 is 53.6 Å². The normalized spacial score (nSPS) is 10.0. The molecule has 0 fully saturated rings. The van der Waals surface area contributed by atoms with E-state index in [1.165, 1.54) is 25.1 Å². The second kappa shape index (κ2) is 34.8. The maximum Gasteiger partial charge on any atom is 0.387 e. The van der Waals surface area contributed by atoms with Gasteiger partial charge in [0.2, 0.25) is 0 Å². The number of ether oxygens (including phenoxy) is 7. The van der Waals surface area contributed by atoms with Crippen molar-refractivity contribution in [1.82, 2.24) is 0 Å². The quantitative estimate of drug-likeness (QED) is 0.0472. The number of alkyl halides is 2. The van der Waals surface area contributed by atoms with Crippen LogP contribution in [0.15, 0.2) is 95.9 Å². The number of carbonyl (C=O) groups excluding carboxylic acids is 1. The van der Waals surface area contributed by atoms with Crippen LogP contribution in [0.3, 0.4) is 0 Å². The first-order valence-electron chi connectivity index (χ1n) is 23.1. The molecule has 0 spiro atoms. The zero-order chi connectivity index (χ0) is 55.9. The van der Waals surface area contributed by atoms with Gasteiger partial charge in [-0.3, -0.25) is 14.4 Å². The molecule has 0 atom stereocenters. The van der Waals surface area contributed by atoms with Crippen molar-refractivity contribution in [2.75, 3.05) is 40.1 Å². The maximum absolute atomic E-state index is 11.9. The molecular formula is C55H68F2O16S. The predicted octanol–water partition coefficient (Wildman–Crippen LogP) is 12.0. The van der Waals surface area contributed by atoms with E-state index in [1.54, 1.807) is 50.1 Å². The molecule has 0 aliphatic heterocycles. The van der Waals surface area contributed by atoms with Gasteiger partial charge in [0.05, 0.1) is 51.9 Å². The van der Waals surface area contributed by atoms with Crippen LogP contribution < -0.4 is 33.2 Å². The molecule has 74 heavy (non-hydrogen) atoms. The molecule has 0 saturated heterocycles. The van der Waals surface area contributed by atoms with Gasteiger partial charge in [-0.15, -0.1) is 11.8 Å². The molecule has 0 aliphatic carbocycles. The van der Waals surface area contributed by atoms with Crippen LogP contribution in [-0.2, 0) is 14.4 Å². The standard InChI is InChI=1S/2C12H16O4.C11H14O3.C11H14O2S.C9H8F2O3/c1-3-15-10-6-9(2)7-11(8-10)16-5-4-12(13)14;1-3-15-11-8-9(2)4-5-10(11)16-7-6-12(13)14;1-8-4-5-10(11(6-8)13-3)14-7-9(2)12;1-7(2)14-10-6-8(3)4-5-9(10)11(12)13;1-5-2-3-6(8(12)13)7(4-5)14-9(10)11/h6-8H,3-5H2,1-2H3,(H,13,14);4-5,8H,3,6-7H2,1-2H3,(H,13,14);4-6H,7H2,1-3H3;4-7H,1-3H3,(H,12,13);2-4,9H,1H3,(H,12,13). The van der Waals surface area contributed by atoms with Gasteiger partial charge in [0.15, 0.2) is 28.8 Å². The number of aliphatic carboxylic acids is 2.